The van der Waals surface area contributed by atoms with Crippen molar-refractivity contribution >= 4 is 28.0 Å². The van der Waals surface area contributed by atoms with E-state index in [0.29, 0.717) is 12.4 Å². The highest BCUT2D eigenvalue weighted by molar-refractivity contribution is 9.10. The zero-order valence-corrected chi connectivity index (χ0v) is 9.82. The number of hydrogen-bond acceptors (Lipinski definition) is 2. The third-order valence-corrected chi connectivity index (χ3v) is 2.17. The van der Waals surface area contributed by atoms with Gasteiger partial charge in [-0.1, -0.05) is 22.0 Å². The topological polar surface area (TPSA) is 46.5 Å². The largest absolute Gasteiger partial charge is 0.493 e. The maximum absolute atomic E-state index is 10.4. The van der Waals surface area contributed by atoms with Crippen molar-refractivity contribution in [3.63, 3.8) is 0 Å². The summed E-state index contributed by atoms with van der Waals surface area (Å²) in [4.78, 5) is 10.4. The molecule has 0 aliphatic carbocycles. The van der Waals surface area contributed by atoms with Crippen LogP contribution in [0.3, 0.4) is 0 Å². The molecule has 1 N–H and O–H groups in total. The van der Waals surface area contributed by atoms with Gasteiger partial charge >= 0.3 is 5.97 Å². The molecule has 0 atom stereocenters. The predicted octanol–water partition coefficient (Wildman–Crippen LogP) is 2.95. The van der Waals surface area contributed by atoms with Crippen LogP contribution in [0.15, 0.2) is 28.7 Å². The quantitative estimate of drug-likeness (QED) is 0.856. The molecule has 0 heterocycles. The number of rotatable bonds is 4. The van der Waals surface area contributed by atoms with Gasteiger partial charge in [0.05, 0.1) is 6.61 Å². The number of halogens is 1. The van der Waals surface area contributed by atoms with Gasteiger partial charge in [-0.2, -0.15) is 0 Å². The molecule has 0 bridgehead atoms. The number of aliphatic carboxylic acids is 1. The van der Waals surface area contributed by atoms with E-state index in [1.54, 1.807) is 6.07 Å². The first-order chi connectivity index (χ1) is 7.13. The Balaban J connectivity index is 3.00. The molecule has 1 aromatic rings. The molecule has 0 aliphatic heterocycles. The highest BCUT2D eigenvalue weighted by Gasteiger charge is 2.01. The van der Waals surface area contributed by atoms with E-state index in [0.717, 1.165) is 16.1 Å². The molecule has 0 amide bonds. The van der Waals surface area contributed by atoms with Crippen LogP contribution in [-0.4, -0.2) is 17.7 Å². The van der Waals surface area contributed by atoms with Crippen molar-refractivity contribution in [3.8, 4) is 5.75 Å². The molecule has 0 saturated heterocycles. The Bertz CT molecular complexity index is 385. The van der Waals surface area contributed by atoms with Gasteiger partial charge in [0.1, 0.15) is 5.75 Å². The Kier molecular flexibility index (Phi) is 4.37. The molecule has 4 heteroatoms. The number of carboxylic acids is 1. The number of ether oxygens (including phenoxy) is 1. The molecule has 0 aromatic heterocycles. The van der Waals surface area contributed by atoms with Crippen molar-refractivity contribution < 1.29 is 14.6 Å². The first-order valence-corrected chi connectivity index (χ1v) is 5.26. The van der Waals surface area contributed by atoms with E-state index in [4.69, 9.17) is 9.84 Å². The number of carbonyl (C=O) groups is 1. The summed E-state index contributed by atoms with van der Waals surface area (Å²) in [5, 5.41) is 8.51. The molecule has 0 spiro atoms. The lowest BCUT2D eigenvalue weighted by molar-refractivity contribution is -0.131. The minimum atomic E-state index is -0.972. The third-order valence-electron chi connectivity index (χ3n) is 1.68. The molecule has 1 aromatic carbocycles. The van der Waals surface area contributed by atoms with Crippen LogP contribution >= 0.6 is 15.9 Å². The molecular weight excluding hydrogens is 260 g/mol. The van der Waals surface area contributed by atoms with E-state index in [1.807, 2.05) is 19.1 Å². The summed E-state index contributed by atoms with van der Waals surface area (Å²) in [6.07, 6.45) is 2.60. The van der Waals surface area contributed by atoms with Gasteiger partial charge in [0.15, 0.2) is 0 Å². The molecule has 0 aliphatic rings. The van der Waals surface area contributed by atoms with Crippen molar-refractivity contribution in [3.05, 3.63) is 34.3 Å². The fraction of sp³-hybridized carbons (Fsp3) is 0.182. The van der Waals surface area contributed by atoms with Gasteiger partial charge in [-0.25, -0.2) is 4.79 Å². The Morgan fingerprint density at radius 1 is 1.60 bits per heavy atom. The summed E-state index contributed by atoms with van der Waals surface area (Å²) in [6.45, 7) is 2.43. The summed E-state index contributed by atoms with van der Waals surface area (Å²) in [7, 11) is 0. The van der Waals surface area contributed by atoms with Crippen LogP contribution in [0.2, 0.25) is 0 Å². The second-order valence-corrected chi connectivity index (χ2v) is 3.70. The van der Waals surface area contributed by atoms with Crippen molar-refractivity contribution in [2.24, 2.45) is 0 Å². The highest BCUT2D eigenvalue weighted by atomic mass is 79.9. The average Bonchev–Trinajstić information content (AvgIpc) is 2.17. The zero-order valence-electron chi connectivity index (χ0n) is 8.24. The van der Waals surface area contributed by atoms with Crippen LogP contribution in [0.4, 0.5) is 0 Å². The van der Waals surface area contributed by atoms with Crippen LogP contribution < -0.4 is 4.74 Å². The Morgan fingerprint density at radius 3 is 2.93 bits per heavy atom. The van der Waals surface area contributed by atoms with Gasteiger partial charge in [0, 0.05) is 16.1 Å². The molecule has 3 nitrogen and oxygen atoms in total. The molecule has 80 valence electrons. The summed E-state index contributed by atoms with van der Waals surface area (Å²) in [5.41, 5.74) is 0.752. The van der Waals surface area contributed by atoms with Gasteiger partial charge < -0.3 is 9.84 Å². The van der Waals surface area contributed by atoms with E-state index in [1.165, 1.54) is 6.08 Å². The maximum Gasteiger partial charge on any atom is 0.328 e. The van der Waals surface area contributed by atoms with Gasteiger partial charge in [-0.3, -0.25) is 0 Å². The molecular formula is C11H11BrO3. The molecule has 1 rings (SSSR count). The van der Waals surface area contributed by atoms with Crippen molar-refractivity contribution in [1.29, 1.82) is 0 Å². The zero-order chi connectivity index (χ0) is 11.3. The Morgan fingerprint density at radius 2 is 2.33 bits per heavy atom. The van der Waals surface area contributed by atoms with E-state index < -0.39 is 5.97 Å². The fourth-order valence-electron chi connectivity index (χ4n) is 1.09. The second kappa shape index (κ2) is 5.56. The maximum atomic E-state index is 10.4. The SMILES string of the molecule is CCOc1cc(Br)ccc1C=CC(=O)O. The van der Waals surface area contributed by atoms with E-state index in [-0.39, 0.29) is 0 Å². The first kappa shape index (κ1) is 11.8. The van der Waals surface area contributed by atoms with Gasteiger partial charge in [-0.05, 0) is 25.1 Å². The molecule has 15 heavy (non-hydrogen) atoms. The summed E-state index contributed by atoms with van der Waals surface area (Å²) in [5.74, 6) is -0.301. The van der Waals surface area contributed by atoms with Gasteiger partial charge in [0.25, 0.3) is 0 Å². The van der Waals surface area contributed by atoms with Gasteiger partial charge in [0.2, 0.25) is 0 Å². The van der Waals surface area contributed by atoms with Crippen molar-refractivity contribution in [2.75, 3.05) is 6.61 Å². The second-order valence-electron chi connectivity index (χ2n) is 2.79. The number of carboxylic acid groups (broad SMARTS) is 1. The van der Waals surface area contributed by atoms with Crippen LogP contribution in [0.1, 0.15) is 12.5 Å². The molecule has 0 radical (unpaired) electrons. The standard InChI is InChI=1S/C11H11BrO3/c1-2-15-10-7-9(12)5-3-8(10)4-6-11(13)14/h3-7H,2H2,1H3,(H,13,14). The lowest BCUT2D eigenvalue weighted by Crippen LogP contribution is -1.94. The van der Waals surface area contributed by atoms with E-state index in [9.17, 15) is 4.79 Å². The number of hydrogen-bond donors (Lipinski definition) is 1. The highest BCUT2D eigenvalue weighted by Crippen LogP contribution is 2.24. The van der Waals surface area contributed by atoms with Crippen molar-refractivity contribution in [1.82, 2.24) is 0 Å². The van der Waals surface area contributed by atoms with Crippen LogP contribution in [0.5, 0.6) is 5.75 Å². The fourth-order valence-corrected chi connectivity index (χ4v) is 1.43. The smallest absolute Gasteiger partial charge is 0.328 e. The molecule has 0 fully saturated rings. The predicted molar refractivity (Wildman–Crippen MR) is 62.0 cm³/mol. The number of benzene rings is 1. The van der Waals surface area contributed by atoms with Crippen LogP contribution in [-0.2, 0) is 4.79 Å². The third kappa shape index (κ3) is 3.75. The molecule has 0 unspecified atom stereocenters. The normalized spacial score (nSPS) is 10.5. The van der Waals surface area contributed by atoms with Crippen LogP contribution in [0, 0.1) is 0 Å². The van der Waals surface area contributed by atoms with Gasteiger partial charge in [-0.15, -0.1) is 0 Å². The van der Waals surface area contributed by atoms with E-state index in [2.05, 4.69) is 15.9 Å². The summed E-state index contributed by atoms with van der Waals surface area (Å²) >= 11 is 3.33. The first-order valence-electron chi connectivity index (χ1n) is 4.47. The minimum absolute atomic E-state index is 0.546. The Labute approximate surface area is 96.5 Å². The monoisotopic (exact) mass is 270 g/mol. The van der Waals surface area contributed by atoms with E-state index >= 15 is 0 Å². The molecule has 0 saturated carbocycles. The minimum Gasteiger partial charge on any atom is -0.493 e. The Hall–Kier alpha value is -1.29. The lowest BCUT2D eigenvalue weighted by Gasteiger charge is -2.07. The average molecular weight is 271 g/mol. The summed E-state index contributed by atoms with van der Waals surface area (Å²) < 4.78 is 6.28. The summed E-state index contributed by atoms with van der Waals surface area (Å²) in [6, 6.07) is 5.45. The van der Waals surface area contributed by atoms with Crippen LogP contribution in [0.25, 0.3) is 6.08 Å². The van der Waals surface area contributed by atoms with Crippen molar-refractivity contribution in [2.45, 2.75) is 6.92 Å². The lowest BCUT2D eigenvalue weighted by atomic mass is 10.2.